The van der Waals surface area contributed by atoms with Gasteiger partial charge >= 0.3 is 0 Å². The summed E-state index contributed by atoms with van der Waals surface area (Å²) < 4.78 is 11.6. The smallest absolute Gasteiger partial charge is 0.205 e. The summed E-state index contributed by atoms with van der Waals surface area (Å²) in [6.45, 7) is 2.78. The van der Waals surface area contributed by atoms with E-state index in [9.17, 15) is 5.26 Å². The van der Waals surface area contributed by atoms with Crippen LogP contribution in [0.15, 0.2) is 78.2 Å². The Bertz CT molecular complexity index is 1460. The summed E-state index contributed by atoms with van der Waals surface area (Å²) >= 11 is 0. The second-order valence-electron chi connectivity index (χ2n) is 8.32. The largest absolute Gasteiger partial charge is 0.440 e. The maximum Gasteiger partial charge on any atom is 0.205 e. The number of nitrogens with zero attached hydrogens (tertiary/aromatic N) is 3. The summed E-state index contributed by atoms with van der Waals surface area (Å²) in [5.74, 6) is 1.34. The Labute approximate surface area is 191 Å². The van der Waals surface area contributed by atoms with Gasteiger partial charge in [0.25, 0.3) is 0 Å². The van der Waals surface area contributed by atoms with Crippen LogP contribution < -0.4 is 15.4 Å². The Morgan fingerprint density at radius 1 is 0.939 bits per heavy atom. The number of pyridine rings is 1. The van der Waals surface area contributed by atoms with Gasteiger partial charge in [-0.2, -0.15) is 5.26 Å². The van der Waals surface area contributed by atoms with E-state index in [1.807, 2.05) is 48.5 Å². The molecule has 0 amide bonds. The molecule has 2 aliphatic rings. The number of ether oxygens (including phenoxy) is 2. The molecule has 3 heterocycles. The minimum Gasteiger partial charge on any atom is -0.440 e. The number of aromatic nitrogens is 1. The average Bonchev–Trinajstić information content (AvgIpc) is 2.87. The second kappa shape index (κ2) is 7.80. The van der Waals surface area contributed by atoms with Crippen molar-refractivity contribution < 1.29 is 9.47 Å². The molecule has 1 atom stereocenters. The Balaban J connectivity index is 1.64. The molecule has 2 aliphatic heterocycles. The van der Waals surface area contributed by atoms with Gasteiger partial charge in [0.05, 0.1) is 24.6 Å². The molecule has 0 aliphatic carbocycles. The van der Waals surface area contributed by atoms with Gasteiger partial charge in [0.15, 0.2) is 0 Å². The van der Waals surface area contributed by atoms with Crippen LogP contribution in [0.5, 0.6) is 5.75 Å². The molecule has 1 saturated heterocycles. The zero-order valence-electron chi connectivity index (χ0n) is 18.0. The van der Waals surface area contributed by atoms with E-state index in [2.05, 4.69) is 29.2 Å². The van der Waals surface area contributed by atoms with Crippen molar-refractivity contribution in [2.75, 3.05) is 31.2 Å². The zero-order valence-corrected chi connectivity index (χ0v) is 18.0. The molecule has 1 unspecified atom stereocenters. The summed E-state index contributed by atoms with van der Waals surface area (Å²) in [4.78, 5) is 7.30. The van der Waals surface area contributed by atoms with Crippen molar-refractivity contribution in [2.45, 2.75) is 5.92 Å². The first kappa shape index (κ1) is 19.6. The predicted octanol–water partition coefficient (Wildman–Crippen LogP) is 4.44. The number of fused-ring (bicyclic) bond motifs is 4. The van der Waals surface area contributed by atoms with E-state index >= 15 is 0 Å². The molecule has 162 valence electrons. The molecule has 1 aromatic heterocycles. The highest BCUT2D eigenvalue weighted by Crippen LogP contribution is 2.47. The highest BCUT2D eigenvalue weighted by atomic mass is 16.5. The third-order valence-corrected chi connectivity index (χ3v) is 6.46. The number of hydrogen-bond acceptors (Lipinski definition) is 6. The highest BCUT2D eigenvalue weighted by molar-refractivity contribution is 5.91. The number of hydrogen-bond donors (Lipinski definition) is 1. The van der Waals surface area contributed by atoms with Crippen molar-refractivity contribution in [1.82, 2.24) is 4.98 Å². The molecular weight excluding hydrogens is 412 g/mol. The van der Waals surface area contributed by atoms with Crippen LogP contribution in [0.25, 0.3) is 21.7 Å². The summed E-state index contributed by atoms with van der Waals surface area (Å²) in [5.41, 5.74) is 9.55. The summed E-state index contributed by atoms with van der Waals surface area (Å²) in [5, 5.41) is 13.2. The predicted molar refractivity (Wildman–Crippen MR) is 128 cm³/mol. The average molecular weight is 434 g/mol. The number of rotatable bonds is 2. The van der Waals surface area contributed by atoms with Crippen molar-refractivity contribution in [3.8, 4) is 11.8 Å². The molecule has 0 bridgehead atoms. The van der Waals surface area contributed by atoms with Gasteiger partial charge in [-0.3, -0.25) is 0 Å². The number of allylic oxidation sites excluding steroid dienone is 1. The van der Waals surface area contributed by atoms with Crippen molar-refractivity contribution in [3.63, 3.8) is 0 Å². The molecule has 4 aromatic rings. The van der Waals surface area contributed by atoms with Crippen LogP contribution in [0.2, 0.25) is 0 Å². The molecule has 6 nitrogen and oxygen atoms in total. The molecule has 1 fully saturated rings. The van der Waals surface area contributed by atoms with E-state index in [0.29, 0.717) is 24.5 Å². The molecule has 3 aromatic carbocycles. The number of morpholine rings is 1. The fraction of sp³-hybridized carbons (Fsp3) is 0.185. The van der Waals surface area contributed by atoms with Crippen molar-refractivity contribution in [2.24, 2.45) is 5.73 Å². The van der Waals surface area contributed by atoms with Gasteiger partial charge < -0.3 is 20.1 Å². The maximum atomic E-state index is 10.1. The van der Waals surface area contributed by atoms with Crippen LogP contribution in [0.3, 0.4) is 0 Å². The van der Waals surface area contributed by atoms with Crippen LogP contribution in [0.1, 0.15) is 17.0 Å². The van der Waals surface area contributed by atoms with Gasteiger partial charge in [0.2, 0.25) is 5.88 Å². The van der Waals surface area contributed by atoms with Gasteiger partial charge in [-0.15, -0.1) is 0 Å². The van der Waals surface area contributed by atoms with Gasteiger partial charge in [-0.25, -0.2) is 4.98 Å². The van der Waals surface area contributed by atoms with E-state index in [1.54, 1.807) is 0 Å². The molecule has 33 heavy (non-hydrogen) atoms. The van der Waals surface area contributed by atoms with Gasteiger partial charge in [0, 0.05) is 35.0 Å². The van der Waals surface area contributed by atoms with Crippen LogP contribution in [-0.4, -0.2) is 31.3 Å². The second-order valence-corrected chi connectivity index (χ2v) is 8.32. The first-order valence-electron chi connectivity index (χ1n) is 11.1. The third kappa shape index (κ3) is 3.17. The van der Waals surface area contributed by atoms with E-state index in [-0.39, 0.29) is 11.8 Å². The summed E-state index contributed by atoms with van der Waals surface area (Å²) in [7, 11) is 0. The lowest BCUT2D eigenvalue weighted by Gasteiger charge is -2.33. The van der Waals surface area contributed by atoms with E-state index in [4.69, 9.17) is 20.2 Å². The molecular formula is C27H22N4O2. The molecule has 0 spiro atoms. The quantitative estimate of drug-likeness (QED) is 0.502. The SMILES string of the molecule is N#CC1=C(N)Oc2c(ccc3ccccc23)C1c1cc2ccccc2nc1N1CCOCC1. The minimum atomic E-state index is -0.377. The van der Waals surface area contributed by atoms with Gasteiger partial charge in [0.1, 0.15) is 23.2 Å². The fourth-order valence-electron chi connectivity index (χ4n) is 4.87. The molecule has 6 rings (SSSR count). The number of benzene rings is 3. The van der Waals surface area contributed by atoms with E-state index in [0.717, 1.165) is 51.7 Å². The molecule has 2 N–H and O–H groups in total. The van der Waals surface area contributed by atoms with Crippen molar-refractivity contribution in [3.05, 3.63) is 89.3 Å². The Morgan fingerprint density at radius 2 is 1.70 bits per heavy atom. The summed E-state index contributed by atoms with van der Waals surface area (Å²) in [6, 6.07) is 24.7. The topological polar surface area (TPSA) is 84.4 Å². The number of nitrogens with two attached hydrogens (primary N) is 1. The molecule has 0 saturated carbocycles. The van der Waals surface area contributed by atoms with Crippen LogP contribution in [0.4, 0.5) is 5.82 Å². The monoisotopic (exact) mass is 434 g/mol. The Hall–Kier alpha value is -4.08. The normalized spacial score (nSPS) is 18.2. The Kier molecular flexibility index (Phi) is 4.63. The third-order valence-electron chi connectivity index (χ3n) is 6.46. The standard InChI is InChI=1S/C27H22N4O2/c28-16-22-24(20-10-9-17-5-1-3-7-19(17)25(20)33-26(22)29)21-15-18-6-2-4-8-23(18)30-27(21)31-11-13-32-14-12-31/h1-10,15,24H,11-14,29H2. The lowest BCUT2D eigenvalue weighted by atomic mass is 9.82. The van der Waals surface area contributed by atoms with E-state index < -0.39 is 0 Å². The first-order chi connectivity index (χ1) is 16.2. The lowest BCUT2D eigenvalue weighted by Crippen LogP contribution is -2.38. The van der Waals surface area contributed by atoms with E-state index in [1.165, 1.54) is 0 Å². The number of nitriles is 1. The molecule has 6 heteroatoms. The zero-order chi connectivity index (χ0) is 22.4. The van der Waals surface area contributed by atoms with Crippen molar-refractivity contribution >= 4 is 27.5 Å². The van der Waals surface area contributed by atoms with Gasteiger partial charge in [-0.1, -0.05) is 54.6 Å². The minimum absolute atomic E-state index is 0.146. The van der Waals surface area contributed by atoms with Crippen LogP contribution >= 0.6 is 0 Å². The highest BCUT2D eigenvalue weighted by Gasteiger charge is 2.35. The Morgan fingerprint density at radius 3 is 2.52 bits per heavy atom. The summed E-state index contributed by atoms with van der Waals surface area (Å²) in [6.07, 6.45) is 0. The lowest BCUT2D eigenvalue weighted by molar-refractivity contribution is 0.122. The number of para-hydroxylation sites is 1. The number of anilines is 1. The van der Waals surface area contributed by atoms with Gasteiger partial charge in [-0.05, 0) is 17.5 Å². The van der Waals surface area contributed by atoms with Crippen LogP contribution in [-0.2, 0) is 4.74 Å². The molecule has 0 radical (unpaired) electrons. The fourth-order valence-corrected chi connectivity index (χ4v) is 4.87. The maximum absolute atomic E-state index is 10.1. The first-order valence-corrected chi connectivity index (χ1v) is 11.1. The van der Waals surface area contributed by atoms with Crippen LogP contribution in [0, 0.1) is 11.3 Å². The van der Waals surface area contributed by atoms with Crippen molar-refractivity contribution in [1.29, 1.82) is 5.26 Å².